The molecule has 0 saturated carbocycles. The van der Waals surface area contributed by atoms with Gasteiger partial charge in [-0.1, -0.05) is 29.8 Å². The third-order valence-electron chi connectivity index (χ3n) is 3.66. The zero-order valence-corrected chi connectivity index (χ0v) is 15.0. The SMILES string of the molecule is CCOc1ccccc1OCC(=O)NCCc1cc(C)ccc1OC. The number of amides is 1. The van der Waals surface area contributed by atoms with Gasteiger partial charge in [0.1, 0.15) is 5.75 Å². The second-order valence-corrected chi connectivity index (χ2v) is 5.58. The first-order valence-corrected chi connectivity index (χ1v) is 8.39. The first-order chi connectivity index (χ1) is 12.1. The molecule has 0 fully saturated rings. The number of ether oxygens (including phenoxy) is 3. The zero-order valence-electron chi connectivity index (χ0n) is 15.0. The Morgan fingerprint density at radius 2 is 1.76 bits per heavy atom. The van der Waals surface area contributed by atoms with Gasteiger partial charge in [-0.3, -0.25) is 4.79 Å². The van der Waals surface area contributed by atoms with Crippen molar-refractivity contribution in [2.75, 3.05) is 26.9 Å². The fourth-order valence-electron chi connectivity index (χ4n) is 2.48. The molecular formula is C20H25NO4. The summed E-state index contributed by atoms with van der Waals surface area (Å²) in [6.45, 7) is 4.96. The predicted molar refractivity (Wildman–Crippen MR) is 97.6 cm³/mol. The molecule has 0 aliphatic rings. The molecule has 1 N–H and O–H groups in total. The molecule has 25 heavy (non-hydrogen) atoms. The normalized spacial score (nSPS) is 10.2. The number of nitrogens with one attached hydrogen (secondary N) is 1. The summed E-state index contributed by atoms with van der Waals surface area (Å²) in [6.07, 6.45) is 0.701. The number of hydrogen-bond acceptors (Lipinski definition) is 4. The van der Waals surface area contributed by atoms with Gasteiger partial charge < -0.3 is 19.5 Å². The highest BCUT2D eigenvalue weighted by molar-refractivity contribution is 5.77. The second-order valence-electron chi connectivity index (χ2n) is 5.58. The molecular weight excluding hydrogens is 318 g/mol. The number of methoxy groups -OCH3 is 1. The van der Waals surface area contributed by atoms with Gasteiger partial charge in [-0.2, -0.15) is 0 Å². The van der Waals surface area contributed by atoms with E-state index in [4.69, 9.17) is 14.2 Å². The Kier molecular flexibility index (Phi) is 7.14. The largest absolute Gasteiger partial charge is 0.496 e. The van der Waals surface area contributed by atoms with E-state index in [1.807, 2.05) is 44.2 Å². The van der Waals surface area contributed by atoms with Crippen LogP contribution in [0.2, 0.25) is 0 Å². The molecule has 5 nitrogen and oxygen atoms in total. The van der Waals surface area contributed by atoms with Gasteiger partial charge in [-0.25, -0.2) is 0 Å². The van der Waals surface area contributed by atoms with Crippen LogP contribution in [0.3, 0.4) is 0 Å². The Bertz CT molecular complexity index is 700. The fraction of sp³-hybridized carbons (Fsp3) is 0.350. The predicted octanol–water partition coefficient (Wildman–Crippen LogP) is 3.14. The van der Waals surface area contributed by atoms with E-state index in [1.54, 1.807) is 13.2 Å². The van der Waals surface area contributed by atoms with E-state index in [-0.39, 0.29) is 12.5 Å². The molecule has 0 unspecified atom stereocenters. The van der Waals surface area contributed by atoms with Crippen molar-refractivity contribution >= 4 is 5.91 Å². The van der Waals surface area contributed by atoms with Crippen LogP contribution in [-0.4, -0.2) is 32.8 Å². The summed E-state index contributed by atoms with van der Waals surface area (Å²) in [4.78, 5) is 12.0. The highest BCUT2D eigenvalue weighted by atomic mass is 16.5. The average Bonchev–Trinajstić information content (AvgIpc) is 2.61. The summed E-state index contributed by atoms with van der Waals surface area (Å²) in [5, 5.41) is 2.86. The summed E-state index contributed by atoms with van der Waals surface area (Å²) < 4.78 is 16.4. The number of benzene rings is 2. The van der Waals surface area contributed by atoms with Crippen LogP contribution in [0.1, 0.15) is 18.1 Å². The van der Waals surface area contributed by atoms with Crippen LogP contribution in [0.15, 0.2) is 42.5 Å². The first-order valence-electron chi connectivity index (χ1n) is 8.39. The second kappa shape index (κ2) is 9.57. The molecule has 0 aliphatic carbocycles. The maximum Gasteiger partial charge on any atom is 0.257 e. The molecule has 0 heterocycles. The Labute approximate surface area is 148 Å². The summed E-state index contributed by atoms with van der Waals surface area (Å²) >= 11 is 0. The van der Waals surface area contributed by atoms with Crippen molar-refractivity contribution in [2.45, 2.75) is 20.3 Å². The Morgan fingerprint density at radius 3 is 2.44 bits per heavy atom. The van der Waals surface area contributed by atoms with Crippen molar-refractivity contribution in [1.29, 1.82) is 0 Å². The molecule has 0 radical (unpaired) electrons. The minimum atomic E-state index is -0.169. The van der Waals surface area contributed by atoms with Crippen LogP contribution in [0.5, 0.6) is 17.2 Å². The van der Waals surface area contributed by atoms with E-state index >= 15 is 0 Å². The molecule has 0 atom stereocenters. The van der Waals surface area contributed by atoms with Crippen LogP contribution in [0.25, 0.3) is 0 Å². The number of hydrogen-bond donors (Lipinski definition) is 1. The fourth-order valence-corrected chi connectivity index (χ4v) is 2.48. The van der Waals surface area contributed by atoms with Gasteiger partial charge >= 0.3 is 0 Å². The molecule has 0 saturated heterocycles. The van der Waals surface area contributed by atoms with Crippen molar-refractivity contribution < 1.29 is 19.0 Å². The first kappa shape index (κ1) is 18.6. The van der Waals surface area contributed by atoms with Gasteiger partial charge in [0.05, 0.1) is 13.7 Å². The standard InChI is InChI=1S/C20H25NO4/c1-4-24-18-7-5-6-8-19(18)25-14-20(22)21-12-11-16-13-15(2)9-10-17(16)23-3/h5-10,13H,4,11-12,14H2,1-3H3,(H,21,22). The van der Waals surface area contributed by atoms with Gasteiger partial charge in [0.25, 0.3) is 5.91 Å². The minimum absolute atomic E-state index is 0.0466. The van der Waals surface area contributed by atoms with Crippen molar-refractivity contribution in [3.05, 3.63) is 53.6 Å². The maximum absolute atomic E-state index is 12.0. The maximum atomic E-state index is 12.0. The number of aryl methyl sites for hydroxylation is 1. The van der Waals surface area contributed by atoms with Gasteiger partial charge in [0.2, 0.25) is 0 Å². The summed E-state index contributed by atoms with van der Waals surface area (Å²) in [7, 11) is 1.65. The lowest BCUT2D eigenvalue weighted by Crippen LogP contribution is -2.30. The smallest absolute Gasteiger partial charge is 0.257 e. The Hall–Kier alpha value is -2.69. The third kappa shape index (κ3) is 5.71. The molecule has 1 amide bonds. The number of carbonyl (C=O) groups is 1. The molecule has 5 heteroatoms. The zero-order chi connectivity index (χ0) is 18.1. The van der Waals surface area contributed by atoms with E-state index in [0.717, 1.165) is 16.9 Å². The van der Waals surface area contributed by atoms with E-state index in [0.29, 0.717) is 31.1 Å². The highest BCUT2D eigenvalue weighted by Gasteiger charge is 2.08. The topological polar surface area (TPSA) is 56.8 Å². The van der Waals surface area contributed by atoms with Crippen molar-refractivity contribution in [3.63, 3.8) is 0 Å². The molecule has 2 aromatic rings. The average molecular weight is 343 g/mol. The monoisotopic (exact) mass is 343 g/mol. The van der Waals surface area contributed by atoms with Gasteiger partial charge in [0.15, 0.2) is 18.1 Å². The van der Waals surface area contributed by atoms with Gasteiger partial charge in [-0.05, 0) is 44.0 Å². The van der Waals surface area contributed by atoms with Crippen LogP contribution < -0.4 is 19.5 Å². The Balaban J connectivity index is 1.81. The van der Waals surface area contributed by atoms with Crippen LogP contribution in [0, 0.1) is 6.92 Å². The van der Waals surface area contributed by atoms with Gasteiger partial charge in [0, 0.05) is 6.54 Å². The molecule has 0 aromatic heterocycles. The highest BCUT2D eigenvalue weighted by Crippen LogP contribution is 2.26. The Morgan fingerprint density at radius 1 is 1.04 bits per heavy atom. The number of rotatable bonds is 9. The molecule has 0 spiro atoms. The molecule has 0 bridgehead atoms. The van der Waals surface area contributed by atoms with Crippen molar-refractivity contribution in [3.8, 4) is 17.2 Å². The summed E-state index contributed by atoms with van der Waals surface area (Å²) in [5.74, 6) is 1.88. The van der Waals surface area contributed by atoms with E-state index < -0.39 is 0 Å². The quantitative estimate of drug-likeness (QED) is 0.760. The van der Waals surface area contributed by atoms with Crippen LogP contribution in [0.4, 0.5) is 0 Å². The lowest BCUT2D eigenvalue weighted by molar-refractivity contribution is -0.123. The minimum Gasteiger partial charge on any atom is -0.496 e. The van der Waals surface area contributed by atoms with Crippen molar-refractivity contribution in [2.24, 2.45) is 0 Å². The van der Waals surface area contributed by atoms with E-state index in [1.165, 1.54) is 0 Å². The molecule has 0 aliphatic heterocycles. The summed E-state index contributed by atoms with van der Waals surface area (Å²) in [6, 6.07) is 13.3. The van der Waals surface area contributed by atoms with Gasteiger partial charge in [-0.15, -0.1) is 0 Å². The van der Waals surface area contributed by atoms with Crippen LogP contribution in [-0.2, 0) is 11.2 Å². The lowest BCUT2D eigenvalue weighted by atomic mass is 10.1. The number of carbonyl (C=O) groups excluding carboxylic acids is 1. The van der Waals surface area contributed by atoms with Crippen molar-refractivity contribution in [1.82, 2.24) is 5.32 Å². The van der Waals surface area contributed by atoms with E-state index in [2.05, 4.69) is 11.4 Å². The molecule has 134 valence electrons. The van der Waals surface area contributed by atoms with E-state index in [9.17, 15) is 4.79 Å². The summed E-state index contributed by atoms with van der Waals surface area (Å²) in [5.41, 5.74) is 2.24. The third-order valence-corrected chi connectivity index (χ3v) is 3.66. The number of para-hydroxylation sites is 2. The van der Waals surface area contributed by atoms with Crippen LogP contribution >= 0.6 is 0 Å². The molecule has 2 aromatic carbocycles. The molecule has 2 rings (SSSR count). The lowest BCUT2D eigenvalue weighted by Gasteiger charge is -2.12.